The lowest BCUT2D eigenvalue weighted by molar-refractivity contribution is 0.260. The van der Waals surface area contributed by atoms with E-state index in [1.807, 2.05) is 13.8 Å². The van der Waals surface area contributed by atoms with Gasteiger partial charge in [0.1, 0.15) is 0 Å². The zero-order valence-corrected chi connectivity index (χ0v) is 11.0. The molecule has 0 bridgehead atoms. The minimum absolute atomic E-state index is 0.0638. The maximum atomic E-state index is 12.0. The highest BCUT2D eigenvalue weighted by molar-refractivity contribution is 5.81. The maximum Gasteiger partial charge on any atom is 0.260 e. The van der Waals surface area contributed by atoms with E-state index in [1.54, 1.807) is 18.2 Å². The average Bonchev–Trinajstić information content (AvgIpc) is 2.29. The van der Waals surface area contributed by atoms with Crippen LogP contribution in [0.2, 0.25) is 0 Å². The molecule has 0 aliphatic rings. The molecule has 1 aromatic carbocycles. The highest BCUT2D eigenvalue weighted by Gasteiger charge is 2.18. The van der Waals surface area contributed by atoms with Crippen LogP contribution in [-0.4, -0.2) is 27.2 Å². The van der Waals surface area contributed by atoms with E-state index in [-0.39, 0.29) is 17.7 Å². The molecule has 19 heavy (non-hydrogen) atoms. The van der Waals surface area contributed by atoms with Crippen LogP contribution in [0.25, 0.3) is 10.9 Å². The first-order valence-corrected chi connectivity index (χ1v) is 6.10. The van der Waals surface area contributed by atoms with Gasteiger partial charge in [0.2, 0.25) is 5.95 Å². The molecular formula is C13H18N4O2. The van der Waals surface area contributed by atoms with Crippen molar-refractivity contribution in [2.75, 3.05) is 17.7 Å². The third-order valence-corrected chi connectivity index (χ3v) is 2.92. The smallest absolute Gasteiger partial charge is 0.260 e. The average molecular weight is 262 g/mol. The Morgan fingerprint density at radius 3 is 2.89 bits per heavy atom. The third-order valence-electron chi connectivity index (χ3n) is 2.92. The van der Waals surface area contributed by atoms with Gasteiger partial charge in [0.05, 0.1) is 10.9 Å². The van der Waals surface area contributed by atoms with Crippen LogP contribution in [0.3, 0.4) is 0 Å². The number of fused-ring (bicyclic) bond motifs is 1. The molecule has 6 heteroatoms. The van der Waals surface area contributed by atoms with E-state index >= 15 is 0 Å². The van der Waals surface area contributed by atoms with Gasteiger partial charge in [0.25, 0.3) is 5.56 Å². The number of aliphatic hydroxyl groups excluding tert-OH is 1. The summed E-state index contributed by atoms with van der Waals surface area (Å²) in [5, 5.41) is 12.6. The highest BCUT2D eigenvalue weighted by atomic mass is 16.3. The number of nitrogens with zero attached hydrogens (tertiary/aromatic N) is 1. The fraction of sp³-hybridized carbons (Fsp3) is 0.385. The van der Waals surface area contributed by atoms with Crippen molar-refractivity contribution in [1.29, 1.82) is 0 Å². The van der Waals surface area contributed by atoms with Crippen molar-refractivity contribution in [2.24, 2.45) is 0 Å². The molecule has 0 saturated heterocycles. The molecule has 0 atom stereocenters. The van der Waals surface area contributed by atoms with Crippen LogP contribution >= 0.6 is 0 Å². The van der Waals surface area contributed by atoms with Crippen molar-refractivity contribution in [3.05, 3.63) is 28.6 Å². The van der Waals surface area contributed by atoms with Crippen LogP contribution in [0.4, 0.5) is 11.6 Å². The van der Waals surface area contributed by atoms with E-state index < -0.39 is 0 Å². The van der Waals surface area contributed by atoms with Gasteiger partial charge in [-0.2, -0.15) is 0 Å². The summed E-state index contributed by atoms with van der Waals surface area (Å²) in [5.74, 6) is 0.390. The lowest BCUT2D eigenvalue weighted by Crippen LogP contribution is -2.33. The summed E-state index contributed by atoms with van der Waals surface area (Å²) in [6.07, 6.45) is 0.552. The molecule has 0 radical (unpaired) electrons. The molecule has 5 N–H and O–H groups in total. The van der Waals surface area contributed by atoms with E-state index in [4.69, 9.17) is 10.8 Å². The van der Waals surface area contributed by atoms with Gasteiger partial charge >= 0.3 is 0 Å². The first-order chi connectivity index (χ1) is 8.91. The van der Waals surface area contributed by atoms with E-state index in [0.717, 1.165) is 0 Å². The minimum Gasteiger partial charge on any atom is -0.399 e. The van der Waals surface area contributed by atoms with Gasteiger partial charge in [0, 0.05) is 17.8 Å². The molecule has 6 nitrogen and oxygen atoms in total. The standard InChI is InChI=1S/C13H18N4O2/c1-13(2,5-6-18)17-12-15-10-4-3-8(14)7-9(10)11(19)16-12/h3-4,7,18H,5-6,14H2,1-2H3,(H2,15,16,17,19). The molecule has 0 unspecified atom stereocenters. The third kappa shape index (κ3) is 3.03. The fourth-order valence-electron chi connectivity index (χ4n) is 1.88. The Morgan fingerprint density at radius 2 is 2.21 bits per heavy atom. The van der Waals surface area contributed by atoms with Crippen molar-refractivity contribution in [3.63, 3.8) is 0 Å². The van der Waals surface area contributed by atoms with Crippen molar-refractivity contribution < 1.29 is 5.11 Å². The van der Waals surface area contributed by atoms with Crippen molar-refractivity contribution in [3.8, 4) is 0 Å². The Balaban J connectivity index is 2.41. The Kier molecular flexibility index (Phi) is 3.44. The Morgan fingerprint density at radius 1 is 1.47 bits per heavy atom. The van der Waals surface area contributed by atoms with Crippen LogP contribution in [0, 0.1) is 0 Å². The first kappa shape index (κ1) is 13.4. The van der Waals surface area contributed by atoms with Crippen LogP contribution in [0.15, 0.2) is 23.0 Å². The van der Waals surface area contributed by atoms with Crippen LogP contribution in [0.1, 0.15) is 20.3 Å². The number of anilines is 2. The van der Waals surface area contributed by atoms with E-state index in [0.29, 0.717) is 29.0 Å². The maximum absolute atomic E-state index is 12.0. The number of H-pyrrole nitrogens is 1. The molecule has 0 amide bonds. The molecule has 0 spiro atoms. The molecule has 0 aliphatic carbocycles. The van der Waals surface area contributed by atoms with Gasteiger partial charge in [-0.1, -0.05) is 0 Å². The van der Waals surface area contributed by atoms with Gasteiger partial charge in [-0.15, -0.1) is 0 Å². The number of rotatable bonds is 4. The quantitative estimate of drug-likeness (QED) is 0.617. The zero-order chi connectivity index (χ0) is 14.0. The van der Waals surface area contributed by atoms with Crippen molar-refractivity contribution in [2.45, 2.75) is 25.8 Å². The molecule has 102 valence electrons. The number of nitrogen functional groups attached to an aromatic ring is 1. The molecule has 0 aliphatic heterocycles. The van der Waals surface area contributed by atoms with Crippen LogP contribution in [-0.2, 0) is 0 Å². The second-order valence-electron chi connectivity index (χ2n) is 5.17. The van der Waals surface area contributed by atoms with Gasteiger partial charge in [-0.05, 0) is 38.5 Å². The normalized spacial score (nSPS) is 11.7. The SMILES string of the molecule is CC(C)(CCO)Nc1nc2ccc(N)cc2c(=O)[nH]1. The Hall–Kier alpha value is -2.08. The number of hydrogen-bond acceptors (Lipinski definition) is 5. The molecule has 1 heterocycles. The Bertz CT molecular complexity index is 649. The summed E-state index contributed by atoms with van der Waals surface area (Å²) < 4.78 is 0. The van der Waals surface area contributed by atoms with Crippen molar-refractivity contribution in [1.82, 2.24) is 9.97 Å². The number of aromatic nitrogens is 2. The number of nitrogens with two attached hydrogens (primary N) is 1. The molecule has 0 saturated carbocycles. The predicted octanol–water partition coefficient (Wildman–Crippen LogP) is 1.08. The number of aliphatic hydroxyl groups is 1. The van der Waals surface area contributed by atoms with Crippen LogP contribution < -0.4 is 16.6 Å². The second kappa shape index (κ2) is 4.89. The summed E-state index contributed by atoms with van der Waals surface area (Å²) in [6.45, 7) is 3.92. The summed E-state index contributed by atoms with van der Waals surface area (Å²) in [6, 6.07) is 5.02. The van der Waals surface area contributed by atoms with Gasteiger partial charge < -0.3 is 16.2 Å². The van der Waals surface area contributed by atoms with E-state index in [9.17, 15) is 4.79 Å². The van der Waals surface area contributed by atoms with E-state index in [1.165, 1.54) is 0 Å². The largest absolute Gasteiger partial charge is 0.399 e. The van der Waals surface area contributed by atoms with Gasteiger partial charge in [-0.25, -0.2) is 4.98 Å². The molecule has 2 aromatic rings. The molecule has 1 aromatic heterocycles. The second-order valence-corrected chi connectivity index (χ2v) is 5.17. The molecular weight excluding hydrogens is 244 g/mol. The van der Waals surface area contributed by atoms with E-state index in [2.05, 4.69) is 15.3 Å². The molecule has 0 fully saturated rings. The molecule has 2 rings (SSSR count). The fourth-order valence-corrected chi connectivity index (χ4v) is 1.88. The lowest BCUT2D eigenvalue weighted by Gasteiger charge is -2.25. The number of nitrogens with one attached hydrogen (secondary N) is 2. The lowest BCUT2D eigenvalue weighted by atomic mass is 10.0. The number of hydrogen-bond donors (Lipinski definition) is 4. The summed E-state index contributed by atoms with van der Waals surface area (Å²) in [5.41, 5.74) is 6.17. The number of benzene rings is 1. The summed E-state index contributed by atoms with van der Waals surface area (Å²) in [7, 11) is 0. The zero-order valence-electron chi connectivity index (χ0n) is 11.0. The topological polar surface area (TPSA) is 104 Å². The monoisotopic (exact) mass is 262 g/mol. The minimum atomic E-state index is -0.355. The Labute approximate surface area is 110 Å². The van der Waals surface area contributed by atoms with Crippen LogP contribution in [0.5, 0.6) is 0 Å². The first-order valence-electron chi connectivity index (χ1n) is 6.10. The highest BCUT2D eigenvalue weighted by Crippen LogP contribution is 2.17. The van der Waals surface area contributed by atoms with Gasteiger partial charge in [-0.3, -0.25) is 9.78 Å². The summed E-state index contributed by atoms with van der Waals surface area (Å²) in [4.78, 5) is 19.0. The predicted molar refractivity (Wildman–Crippen MR) is 76.2 cm³/mol. The number of aromatic amines is 1. The van der Waals surface area contributed by atoms with Crippen molar-refractivity contribution >= 4 is 22.5 Å². The summed E-state index contributed by atoms with van der Waals surface area (Å²) >= 11 is 0. The van der Waals surface area contributed by atoms with Gasteiger partial charge in [0.15, 0.2) is 0 Å².